The van der Waals surface area contributed by atoms with Crippen molar-refractivity contribution in [1.82, 2.24) is 10.0 Å². The molecule has 140 valence electrons. The van der Waals surface area contributed by atoms with Crippen LogP contribution in [0.15, 0.2) is 23.1 Å². The van der Waals surface area contributed by atoms with Crippen molar-refractivity contribution in [2.45, 2.75) is 45.6 Å². The molecule has 1 atom stereocenters. The Morgan fingerprint density at radius 3 is 2.40 bits per heavy atom. The third-order valence-corrected chi connectivity index (χ3v) is 5.34. The van der Waals surface area contributed by atoms with Gasteiger partial charge in [-0.05, 0) is 37.5 Å². The normalized spacial score (nSPS) is 12.7. The predicted octanol–water partition coefficient (Wildman–Crippen LogP) is 1.61. The fourth-order valence-corrected chi connectivity index (χ4v) is 3.00. The summed E-state index contributed by atoms with van der Waals surface area (Å²) in [5, 5.41) is 2.73. The zero-order valence-corrected chi connectivity index (χ0v) is 16.1. The molecule has 0 aliphatic rings. The quantitative estimate of drug-likeness (QED) is 0.677. The van der Waals surface area contributed by atoms with Gasteiger partial charge in [0.15, 0.2) is 6.61 Å². The zero-order chi connectivity index (χ0) is 19.2. The number of carbonyl (C=O) groups is 2. The van der Waals surface area contributed by atoms with E-state index < -0.39 is 28.5 Å². The van der Waals surface area contributed by atoms with Gasteiger partial charge in [0.1, 0.15) is 0 Å². The van der Waals surface area contributed by atoms with E-state index >= 15 is 0 Å². The molecule has 0 bridgehead atoms. The Labute approximate surface area is 149 Å². The Balaban J connectivity index is 2.83. The highest BCUT2D eigenvalue weighted by Crippen LogP contribution is 2.16. The maximum Gasteiger partial charge on any atom is 0.338 e. The lowest BCUT2D eigenvalue weighted by atomic mass is 10.1. The van der Waals surface area contributed by atoms with Crippen molar-refractivity contribution in [2.75, 3.05) is 13.2 Å². The summed E-state index contributed by atoms with van der Waals surface area (Å²) in [4.78, 5) is 24.0. The third-order valence-electron chi connectivity index (χ3n) is 3.80. The number of nitrogens with one attached hydrogen (secondary N) is 2. The van der Waals surface area contributed by atoms with E-state index in [0.717, 1.165) is 0 Å². The van der Waals surface area contributed by atoms with Crippen LogP contribution < -0.4 is 10.0 Å². The van der Waals surface area contributed by atoms with Crippen molar-refractivity contribution in [1.29, 1.82) is 0 Å². The lowest BCUT2D eigenvalue weighted by molar-refractivity contribution is -0.125. The average molecular weight is 370 g/mol. The van der Waals surface area contributed by atoms with E-state index in [1.165, 1.54) is 18.2 Å². The number of benzene rings is 1. The van der Waals surface area contributed by atoms with Gasteiger partial charge in [-0.25, -0.2) is 17.9 Å². The number of sulfonamides is 1. The fraction of sp³-hybridized carbons (Fsp3) is 0.529. The van der Waals surface area contributed by atoms with Gasteiger partial charge in [-0.1, -0.05) is 26.8 Å². The summed E-state index contributed by atoms with van der Waals surface area (Å²) in [5.41, 5.74) is 0.681. The molecule has 0 saturated carbocycles. The Morgan fingerprint density at radius 1 is 1.20 bits per heavy atom. The number of aryl methyl sites for hydroxylation is 1. The summed E-state index contributed by atoms with van der Waals surface area (Å²) < 4.78 is 31.5. The second-order valence-corrected chi connectivity index (χ2v) is 7.92. The molecule has 2 N–H and O–H groups in total. The summed E-state index contributed by atoms with van der Waals surface area (Å²) in [5.74, 6) is -0.878. The number of esters is 1. The SMILES string of the molecule is CCNS(=O)(=O)c1ccc(C)c(C(=O)OCC(=O)NC(C)C(C)C)c1. The minimum absolute atomic E-state index is 0.0234. The maximum absolute atomic E-state index is 12.2. The highest BCUT2D eigenvalue weighted by atomic mass is 32.2. The highest BCUT2D eigenvalue weighted by Gasteiger charge is 2.19. The molecule has 1 rings (SSSR count). The summed E-state index contributed by atoms with van der Waals surface area (Å²) in [7, 11) is -3.68. The Bertz CT molecular complexity index is 729. The van der Waals surface area contributed by atoms with E-state index in [1.54, 1.807) is 13.8 Å². The van der Waals surface area contributed by atoms with E-state index in [1.807, 2.05) is 20.8 Å². The Hall–Kier alpha value is -1.93. The maximum atomic E-state index is 12.2. The molecule has 0 aliphatic carbocycles. The molecule has 1 aromatic rings. The lowest BCUT2D eigenvalue weighted by Crippen LogP contribution is -2.38. The van der Waals surface area contributed by atoms with Crippen molar-refractivity contribution in [3.8, 4) is 0 Å². The minimum atomic E-state index is -3.68. The van der Waals surface area contributed by atoms with Crippen LogP contribution in [0.5, 0.6) is 0 Å². The molecule has 25 heavy (non-hydrogen) atoms. The first-order valence-electron chi connectivity index (χ1n) is 8.15. The number of hydrogen-bond acceptors (Lipinski definition) is 5. The number of hydrogen-bond donors (Lipinski definition) is 2. The van der Waals surface area contributed by atoms with E-state index in [2.05, 4.69) is 10.0 Å². The van der Waals surface area contributed by atoms with Crippen molar-refractivity contribution in [2.24, 2.45) is 5.92 Å². The van der Waals surface area contributed by atoms with Crippen molar-refractivity contribution >= 4 is 21.9 Å². The molecule has 1 aromatic carbocycles. The van der Waals surface area contributed by atoms with E-state index in [-0.39, 0.29) is 29.0 Å². The average Bonchev–Trinajstić information content (AvgIpc) is 2.52. The van der Waals surface area contributed by atoms with Crippen LogP contribution in [0.1, 0.15) is 43.6 Å². The molecule has 0 heterocycles. The van der Waals surface area contributed by atoms with Gasteiger partial charge in [0, 0.05) is 12.6 Å². The minimum Gasteiger partial charge on any atom is -0.452 e. The van der Waals surface area contributed by atoms with E-state index in [4.69, 9.17) is 4.74 Å². The summed E-state index contributed by atoms with van der Waals surface area (Å²) >= 11 is 0. The van der Waals surface area contributed by atoms with Gasteiger partial charge >= 0.3 is 5.97 Å². The zero-order valence-electron chi connectivity index (χ0n) is 15.3. The van der Waals surface area contributed by atoms with Gasteiger partial charge in [-0.3, -0.25) is 4.79 Å². The summed E-state index contributed by atoms with van der Waals surface area (Å²) in [6, 6.07) is 4.16. The van der Waals surface area contributed by atoms with Crippen LogP contribution in [0.25, 0.3) is 0 Å². The molecule has 1 unspecified atom stereocenters. The van der Waals surface area contributed by atoms with E-state index in [9.17, 15) is 18.0 Å². The summed E-state index contributed by atoms with van der Waals surface area (Å²) in [6.45, 7) is 8.96. The second kappa shape index (κ2) is 8.96. The molecule has 0 spiro atoms. The van der Waals surface area contributed by atoms with Crippen molar-refractivity contribution in [3.63, 3.8) is 0 Å². The van der Waals surface area contributed by atoms with Gasteiger partial charge < -0.3 is 10.1 Å². The van der Waals surface area contributed by atoms with Gasteiger partial charge in [0.2, 0.25) is 10.0 Å². The van der Waals surface area contributed by atoms with Gasteiger partial charge in [-0.15, -0.1) is 0 Å². The van der Waals surface area contributed by atoms with Crippen LogP contribution in [-0.2, 0) is 19.6 Å². The largest absolute Gasteiger partial charge is 0.452 e. The monoisotopic (exact) mass is 370 g/mol. The first-order valence-corrected chi connectivity index (χ1v) is 9.63. The van der Waals surface area contributed by atoms with Crippen LogP contribution in [0.3, 0.4) is 0 Å². The van der Waals surface area contributed by atoms with E-state index in [0.29, 0.717) is 5.56 Å². The predicted molar refractivity (Wildman–Crippen MR) is 94.8 cm³/mol. The molecule has 1 amide bonds. The lowest BCUT2D eigenvalue weighted by Gasteiger charge is -2.17. The highest BCUT2D eigenvalue weighted by molar-refractivity contribution is 7.89. The number of amides is 1. The first kappa shape index (κ1) is 21.1. The number of carbonyl (C=O) groups excluding carboxylic acids is 2. The molecular formula is C17H26N2O5S. The topological polar surface area (TPSA) is 102 Å². The van der Waals surface area contributed by atoms with Crippen LogP contribution in [-0.4, -0.2) is 39.5 Å². The van der Waals surface area contributed by atoms with Gasteiger partial charge in [0.05, 0.1) is 10.5 Å². The molecule has 0 saturated heterocycles. The van der Waals surface area contributed by atoms with Crippen LogP contribution >= 0.6 is 0 Å². The molecule has 0 radical (unpaired) electrons. The number of ether oxygens (including phenoxy) is 1. The third kappa shape index (κ3) is 6.13. The van der Waals surface area contributed by atoms with Crippen molar-refractivity contribution in [3.05, 3.63) is 29.3 Å². The first-order chi connectivity index (χ1) is 11.6. The van der Waals surface area contributed by atoms with Gasteiger partial charge in [0.25, 0.3) is 5.91 Å². The summed E-state index contributed by atoms with van der Waals surface area (Å²) in [6.07, 6.45) is 0. The molecule has 0 aliphatic heterocycles. The molecule has 7 nitrogen and oxygen atoms in total. The Morgan fingerprint density at radius 2 is 1.84 bits per heavy atom. The molecule has 8 heteroatoms. The van der Waals surface area contributed by atoms with Gasteiger partial charge in [-0.2, -0.15) is 0 Å². The molecular weight excluding hydrogens is 344 g/mol. The molecule has 0 fully saturated rings. The Kier molecular flexibility index (Phi) is 7.57. The van der Waals surface area contributed by atoms with Crippen molar-refractivity contribution < 1.29 is 22.7 Å². The van der Waals surface area contributed by atoms with Crippen LogP contribution in [0.2, 0.25) is 0 Å². The standard InChI is InChI=1S/C17H26N2O5S/c1-6-18-25(22,23)14-8-7-12(4)15(9-14)17(21)24-10-16(20)19-13(5)11(2)3/h7-9,11,13,18H,6,10H2,1-5H3,(H,19,20). The second-order valence-electron chi connectivity index (χ2n) is 6.15. The fourth-order valence-electron chi connectivity index (χ4n) is 1.93. The van der Waals surface area contributed by atoms with Crippen LogP contribution in [0, 0.1) is 12.8 Å². The number of rotatable bonds is 8. The molecule has 0 aromatic heterocycles. The smallest absolute Gasteiger partial charge is 0.338 e. The van der Waals surface area contributed by atoms with Crippen LogP contribution in [0.4, 0.5) is 0 Å².